The molecule has 15 heavy (non-hydrogen) atoms. The third kappa shape index (κ3) is 3.46. The van der Waals surface area contributed by atoms with Crippen LogP contribution in [0.5, 0.6) is 0 Å². The first-order valence-electron chi connectivity index (χ1n) is 6.74. The molecule has 0 aromatic rings. The third-order valence-corrected chi connectivity index (χ3v) is 3.96. The van der Waals surface area contributed by atoms with Gasteiger partial charge in [0.25, 0.3) is 0 Å². The predicted molar refractivity (Wildman–Crippen MR) is 65.1 cm³/mol. The zero-order chi connectivity index (χ0) is 10.7. The van der Waals surface area contributed by atoms with Gasteiger partial charge in [0, 0.05) is 12.1 Å². The quantitative estimate of drug-likeness (QED) is 0.749. The van der Waals surface area contributed by atoms with E-state index in [1.807, 2.05) is 0 Å². The molecule has 2 heteroatoms. The first-order chi connectivity index (χ1) is 7.29. The first-order valence-corrected chi connectivity index (χ1v) is 6.74. The van der Waals surface area contributed by atoms with Crippen molar-refractivity contribution in [2.24, 2.45) is 5.92 Å². The molecule has 0 aromatic carbocycles. The normalized spacial score (nSPS) is 26.8. The molecule has 0 spiro atoms. The van der Waals surface area contributed by atoms with Gasteiger partial charge in [-0.15, -0.1) is 0 Å². The van der Waals surface area contributed by atoms with Crippen molar-refractivity contribution < 1.29 is 0 Å². The molecule has 1 N–H and O–H groups in total. The third-order valence-electron chi connectivity index (χ3n) is 3.96. The van der Waals surface area contributed by atoms with Gasteiger partial charge >= 0.3 is 0 Å². The average molecular weight is 210 g/mol. The van der Waals surface area contributed by atoms with E-state index in [0.717, 1.165) is 18.0 Å². The molecule has 0 radical (unpaired) electrons. The van der Waals surface area contributed by atoms with Crippen LogP contribution < -0.4 is 5.32 Å². The molecule has 1 aliphatic carbocycles. The van der Waals surface area contributed by atoms with Crippen LogP contribution in [0.25, 0.3) is 0 Å². The molecule has 2 fully saturated rings. The molecule has 0 bridgehead atoms. The lowest BCUT2D eigenvalue weighted by atomic mass is 10.0. The standard InChI is InChI=1S/C13H26N2/c1-3-4-13(11-5-6-11)14-12-7-9-15(2)10-8-12/h11-14H,3-10H2,1-2H3. The molecular weight excluding hydrogens is 184 g/mol. The van der Waals surface area contributed by atoms with E-state index < -0.39 is 0 Å². The Hall–Kier alpha value is -0.0800. The molecule has 0 amide bonds. The number of hydrogen-bond donors (Lipinski definition) is 1. The number of nitrogens with one attached hydrogen (secondary N) is 1. The van der Waals surface area contributed by atoms with Crippen LogP contribution in [0.3, 0.4) is 0 Å². The second-order valence-corrected chi connectivity index (χ2v) is 5.48. The van der Waals surface area contributed by atoms with Crippen molar-refractivity contribution in [1.82, 2.24) is 10.2 Å². The monoisotopic (exact) mass is 210 g/mol. The predicted octanol–water partition coefficient (Wildman–Crippen LogP) is 2.25. The lowest BCUT2D eigenvalue weighted by Gasteiger charge is -2.32. The van der Waals surface area contributed by atoms with Gasteiger partial charge in [-0.1, -0.05) is 13.3 Å². The molecule has 2 rings (SSSR count). The van der Waals surface area contributed by atoms with Crippen molar-refractivity contribution >= 4 is 0 Å². The van der Waals surface area contributed by atoms with Crippen LogP contribution in [0.2, 0.25) is 0 Å². The van der Waals surface area contributed by atoms with Gasteiger partial charge in [-0.25, -0.2) is 0 Å². The summed E-state index contributed by atoms with van der Waals surface area (Å²) in [4.78, 5) is 2.45. The minimum absolute atomic E-state index is 0.804. The van der Waals surface area contributed by atoms with E-state index in [0.29, 0.717) is 0 Å². The number of hydrogen-bond acceptors (Lipinski definition) is 2. The number of rotatable bonds is 5. The van der Waals surface area contributed by atoms with Crippen LogP contribution >= 0.6 is 0 Å². The lowest BCUT2D eigenvalue weighted by Crippen LogP contribution is -2.45. The molecule has 1 heterocycles. The number of likely N-dealkylation sites (tertiary alicyclic amines) is 1. The number of nitrogens with zero attached hydrogens (tertiary/aromatic N) is 1. The van der Waals surface area contributed by atoms with E-state index in [4.69, 9.17) is 0 Å². The fourth-order valence-electron chi connectivity index (χ4n) is 2.74. The molecule has 88 valence electrons. The van der Waals surface area contributed by atoms with Crippen molar-refractivity contribution in [1.29, 1.82) is 0 Å². The maximum atomic E-state index is 3.91. The maximum Gasteiger partial charge on any atom is 0.00978 e. The smallest absolute Gasteiger partial charge is 0.00978 e. The minimum Gasteiger partial charge on any atom is -0.311 e. The van der Waals surface area contributed by atoms with Crippen molar-refractivity contribution in [3.05, 3.63) is 0 Å². The highest BCUT2D eigenvalue weighted by molar-refractivity contribution is 4.89. The zero-order valence-electron chi connectivity index (χ0n) is 10.3. The van der Waals surface area contributed by atoms with Crippen LogP contribution in [0, 0.1) is 5.92 Å². The minimum atomic E-state index is 0.804. The SMILES string of the molecule is CCCC(NC1CCN(C)CC1)C1CC1. The van der Waals surface area contributed by atoms with Crippen molar-refractivity contribution in [3.8, 4) is 0 Å². The van der Waals surface area contributed by atoms with Crippen LogP contribution in [-0.2, 0) is 0 Å². The fourth-order valence-corrected chi connectivity index (χ4v) is 2.74. The zero-order valence-corrected chi connectivity index (χ0v) is 10.3. The van der Waals surface area contributed by atoms with Crippen molar-refractivity contribution in [2.75, 3.05) is 20.1 Å². The van der Waals surface area contributed by atoms with Gasteiger partial charge in [-0.2, -0.15) is 0 Å². The van der Waals surface area contributed by atoms with Gasteiger partial charge in [-0.3, -0.25) is 0 Å². The van der Waals surface area contributed by atoms with E-state index in [1.165, 1.54) is 51.6 Å². The molecule has 1 aliphatic heterocycles. The number of piperidine rings is 1. The highest BCUT2D eigenvalue weighted by atomic mass is 15.1. The Morgan fingerprint density at radius 3 is 2.40 bits per heavy atom. The van der Waals surface area contributed by atoms with E-state index in [2.05, 4.69) is 24.2 Å². The Morgan fingerprint density at radius 1 is 1.20 bits per heavy atom. The molecular formula is C13H26N2. The highest BCUT2D eigenvalue weighted by Crippen LogP contribution is 2.35. The summed E-state index contributed by atoms with van der Waals surface area (Å²) in [5.41, 5.74) is 0. The summed E-state index contributed by atoms with van der Waals surface area (Å²) in [7, 11) is 2.24. The van der Waals surface area contributed by atoms with Gasteiger partial charge in [0.1, 0.15) is 0 Å². The second kappa shape index (κ2) is 5.31. The van der Waals surface area contributed by atoms with Crippen LogP contribution in [0.1, 0.15) is 45.4 Å². The summed E-state index contributed by atoms with van der Waals surface area (Å²) in [5, 5.41) is 3.91. The largest absolute Gasteiger partial charge is 0.311 e. The van der Waals surface area contributed by atoms with E-state index in [-0.39, 0.29) is 0 Å². The van der Waals surface area contributed by atoms with Crippen LogP contribution in [0.4, 0.5) is 0 Å². The molecule has 1 saturated carbocycles. The summed E-state index contributed by atoms with van der Waals surface area (Å²) in [5.74, 6) is 1.02. The maximum absolute atomic E-state index is 3.91. The summed E-state index contributed by atoms with van der Waals surface area (Å²) in [6, 6.07) is 1.64. The van der Waals surface area contributed by atoms with Gasteiger partial charge in [0.15, 0.2) is 0 Å². The van der Waals surface area contributed by atoms with E-state index in [9.17, 15) is 0 Å². The Labute approximate surface area is 94.4 Å². The van der Waals surface area contributed by atoms with E-state index >= 15 is 0 Å². The van der Waals surface area contributed by atoms with Gasteiger partial charge in [0.05, 0.1) is 0 Å². The Bertz CT molecular complexity index is 181. The first kappa shape index (κ1) is 11.4. The van der Waals surface area contributed by atoms with E-state index in [1.54, 1.807) is 0 Å². The summed E-state index contributed by atoms with van der Waals surface area (Å²) in [6.45, 7) is 4.87. The fraction of sp³-hybridized carbons (Fsp3) is 1.00. The summed E-state index contributed by atoms with van der Waals surface area (Å²) >= 11 is 0. The van der Waals surface area contributed by atoms with Gasteiger partial charge in [-0.05, 0) is 58.2 Å². The van der Waals surface area contributed by atoms with Crippen LogP contribution in [-0.4, -0.2) is 37.1 Å². The Kier molecular flexibility index (Phi) is 4.04. The molecule has 2 aliphatic rings. The van der Waals surface area contributed by atoms with Crippen LogP contribution in [0.15, 0.2) is 0 Å². The van der Waals surface area contributed by atoms with Gasteiger partial charge in [0.2, 0.25) is 0 Å². The topological polar surface area (TPSA) is 15.3 Å². The molecule has 2 nitrogen and oxygen atoms in total. The summed E-state index contributed by atoms with van der Waals surface area (Å²) < 4.78 is 0. The lowest BCUT2D eigenvalue weighted by molar-refractivity contribution is 0.217. The molecule has 1 atom stereocenters. The van der Waals surface area contributed by atoms with Crippen molar-refractivity contribution in [2.45, 2.75) is 57.5 Å². The highest BCUT2D eigenvalue weighted by Gasteiger charge is 2.32. The molecule has 1 saturated heterocycles. The Morgan fingerprint density at radius 2 is 1.87 bits per heavy atom. The second-order valence-electron chi connectivity index (χ2n) is 5.48. The molecule has 1 unspecified atom stereocenters. The van der Waals surface area contributed by atoms with Gasteiger partial charge < -0.3 is 10.2 Å². The molecule has 0 aromatic heterocycles. The summed E-state index contributed by atoms with van der Waals surface area (Å²) in [6.07, 6.45) is 8.37. The average Bonchev–Trinajstić information content (AvgIpc) is 3.04. The van der Waals surface area contributed by atoms with Crippen molar-refractivity contribution in [3.63, 3.8) is 0 Å². The Balaban J connectivity index is 1.73.